The molecule has 0 radical (unpaired) electrons. The van der Waals surface area contributed by atoms with Crippen LogP contribution in [0.3, 0.4) is 0 Å². The maximum absolute atomic E-state index is 3.76. The smallest absolute Gasteiger partial charge is 0.0195 e. The summed E-state index contributed by atoms with van der Waals surface area (Å²) in [7, 11) is 0. The topological polar surface area (TPSA) is 3.24 Å². The van der Waals surface area contributed by atoms with Crippen LogP contribution in [0.15, 0.2) is 0 Å². The molecule has 0 aliphatic carbocycles. The summed E-state index contributed by atoms with van der Waals surface area (Å²) in [5.41, 5.74) is 0. The van der Waals surface area contributed by atoms with Gasteiger partial charge in [-0.25, -0.2) is 0 Å². The number of likely N-dealkylation sites (tertiary alicyclic amines) is 1. The molecular formula is C13H26BrN. The van der Waals surface area contributed by atoms with Gasteiger partial charge in [0.1, 0.15) is 0 Å². The largest absolute Gasteiger partial charge is 0.303 e. The molecule has 1 aliphatic heterocycles. The van der Waals surface area contributed by atoms with Crippen molar-refractivity contribution in [1.82, 2.24) is 4.90 Å². The number of piperidine rings is 1. The monoisotopic (exact) mass is 275 g/mol. The normalized spacial score (nSPS) is 28.2. The van der Waals surface area contributed by atoms with Crippen LogP contribution in [0, 0.1) is 5.92 Å². The van der Waals surface area contributed by atoms with Gasteiger partial charge in [0.15, 0.2) is 0 Å². The van der Waals surface area contributed by atoms with E-state index in [-0.39, 0.29) is 0 Å². The van der Waals surface area contributed by atoms with Gasteiger partial charge in [0, 0.05) is 11.4 Å². The zero-order valence-electron chi connectivity index (χ0n) is 10.3. The maximum atomic E-state index is 3.76. The van der Waals surface area contributed by atoms with Gasteiger partial charge in [0.2, 0.25) is 0 Å². The van der Waals surface area contributed by atoms with E-state index in [1.807, 2.05) is 0 Å². The lowest BCUT2D eigenvalue weighted by molar-refractivity contribution is 0.187. The lowest BCUT2D eigenvalue weighted by Crippen LogP contribution is -2.40. The fourth-order valence-corrected chi connectivity index (χ4v) is 2.72. The first-order chi connectivity index (χ1) is 7.24. The Bertz CT molecular complexity index is 161. The third-order valence-corrected chi connectivity index (χ3v) is 4.82. The number of hydrogen-bond donors (Lipinski definition) is 0. The van der Waals surface area contributed by atoms with Crippen molar-refractivity contribution in [2.24, 2.45) is 5.92 Å². The summed E-state index contributed by atoms with van der Waals surface area (Å²) in [4.78, 5) is 3.41. The number of rotatable bonds is 6. The molecule has 15 heavy (non-hydrogen) atoms. The highest BCUT2D eigenvalue weighted by Crippen LogP contribution is 2.23. The Morgan fingerprint density at radius 2 is 1.93 bits per heavy atom. The van der Waals surface area contributed by atoms with Crippen LogP contribution in [0.1, 0.15) is 52.4 Å². The molecule has 1 heterocycles. The van der Waals surface area contributed by atoms with Crippen LogP contribution in [-0.2, 0) is 0 Å². The average Bonchev–Trinajstić information content (AvgIpc) is 2.23. The minimum Gasteiger partial charge on any atom is -0.303 e. The van der Waals surface area contributed by atoms with Crippen LogP contribution in [0.25, 0.3) is 0 Å². The van der Waals surface area contributed by atoms with Crippen LogP contribution in [0.4, 0.5) is 0 Å². The second kappa shape index (κ2) is 7.67. The Labute approximate surface area is 104 Å². The van der Waals surface area contributed by atoms with Crippen LogP contribution in [-0.4, -0.2) is 29.4 Å². The molecule has 0 saturated carbocycles. The Morgan fingerprint density at radius 3 is 2.60 bits per heavy atom. The number of halogens is 1. The molecule has 1 fully saturated rings. The standard InChI is InChI=1S/C13H26BrN/c1-3-4-5-6-7-9-15-10-8-13(14)12(2)11-15/h12-13H,3-11H2,1-2H3. The summed E-state index contributed by atoms with van der Waals surface area (Å²) in [6.07, 6.45) is 8.36. The minimum atomic E-state index is 0.758. The average molecular weight is 276 g/mol. The fourth-order valence-electron chi connectivity index (χ4n) is 2.35. The van der Waals surface area contributed by atoms with Crippen LogP contribution < -0.4 is 0 Å². The highest BCUT2D eigenvalue weighted by Gasteiger charge is 2.22. The zero-order valence-corrected chi connectivity index (χ0v) is 11.9. The van der Waals surface area contributed by atoms with Gasteiger partial charge >= 0.3 is 0 Å². The summed E-state index contributed by atoms with van der Waals surface area (Å²) in [5, 5.41) is 0. The molecule has 0 N–H and O–H groups in total. The highest BCUT2D eigenvalue weighted by molar-refractivity contribution is 9.09. The number of alkyl halides is 1. The molecule has 0 spiro atoms. The maximum Gasteiger partial charge on any atom is 0.0195 e. The van der Waals surface area contributed by atoms with Crippen molar-refractivity contribution < 1.29 is 0 Å². The molecule has 0 amide bonds. The molecule has 1 rings (SSSR count). The van der Waals surface area contributed by atoms with Crippen molar-refractivity contribution in [2.75, 3.05) is 19.6 Å². The van der Waals surface area contributed by atoms with E-state index in [0.717, 1.165) is 10.7 Å². The fraction of sp³-hybridized carbons (Fsp3) is 1.00. The molecule has 1 nitrogen and oxygen atoms in total. The van der Waals surface area contributed by atoms with Gasteiger partial charge < -0.3 is 4.90 Å². The van der Waals surface area contributed by atoms with Crippen molar-refractivity contribution >= 4 is 15.9 Å². The predicted octanol–water partition coefficient (Wildman–Crippen LogP) is 4.06. The van der Waals surface area contributed by atoms with Gasteiger partial charge in [0.25, 0.3) is 0 Å². The van der Waals surface area contributed by atoms with Crippen LogP contribution >= 0.6 is 15.9 Å². The van der Waals surface area contributed by atoms with E-state index in [4.69, 9.17) is 0 Å². The number of nitrogens with zero attached hydrogens (tertiary/aromatic N) is 1. The van der Waals surface area contributed by atoms with Gasteiger partial charge in [-0.2, -0.15) is 0 Å². The van der Waals surface area contributed by atoms with Crippen molar-refractivity contribution in [3.63, 3.8) is 0 Å². The van der Waals surface area contributed by atoms with Gasteiger partial charge in [-0.05, 0) is 31.8 Å². The van der Waals surface area contributed by atoms with E-state index in [1.54, 1.807) is 0 Å². The van der Waals surface area contributed by atoms with Gasteiger partial charge in [0.05, 0.1) is 0 Å². The number of hydrogen-bond acceptors (Lipinski definition) is 1. The Balaban J connectivity index is 2.02. The van der Waals surface area contributed by atoms with E-state index in [2.05, 4.69) is 34.7 Å². The summed E-state index contributed by atoms with van der Waals surface area (Å²) >= 11 is 3.76. The molecule has 2 unspecified atom stereocenters. The van der Waals surface area contributed by atoms with E-state index in [9.17, 15) is 0 Å². The van der Waals surface area contributed by atoms with Crippen molar-refractivity contribution in [3.05, 3.63) is 0 Å². The second-order valence-electron chi connectivity index (χ2n) is 5.00. The first-order valence-electron chi connectivity index (χ1n) is 6.60. The molecule has 0 aromatic rings. The van der Waals surface area contributed by atoms with Crippen molar-refractivity contribution in [3.8, 4) is 0 Å². The predicted molar refractivity (Wildman–Crippen MR) is 71.7 cm³/mol. The molecule has 2 heteroatoms. The number of unbranched alkanes of at least 4 members (excludes halogenated alkanes) is 4. The quantitative estimate of drug-likeness (QED) is 0.522. The first-order valence-corrected chi connectivity index (χ1v) is 7.52. The highest BCUT2D eigenvalue weighted by atomic mass is 79.9. The summed E-state index contributed by atoms with van der Waals surface area (Å²) < 4.78 is 0. The Morgan fingerprint density at radius 1 is 1.20 bits per heavy atom. The van der Waals surface area contributed by atoms with Crippen molar-refractivity contribution in [2.45, 2.75) is 57.2 Å². The lowest BCUT2D eigenvalue weighted by Gasteiger charge is -2.34. The molecule has 0 bridgehead atoms. The van der Waals surface area contributed by atoms with Crippen LogP contribution in [0.5, 0.6) is 0 Å². The first kappa shape index (κ1) is 13.5. The Kier molecular flexibility index (Phi) is 6.91. The Hall–Kier alpha value is 0.440. The molecule has 0 aromatic heterocycles. The lowest BCUT2D eigenvalue weighted by atomic mass is 10.00. The minimum absolute atomic E-state index is 0.758. The second-order valence-corrected chi connectivity index (χ2v) is 6.17. The molecule has 1 saturated heterocycles. The molecule has 1 aliphatic rings. The SMILES string of the molecule is CCCCCCCN1CCC(Br)C(C)C1. The third kappa shape index (κ3) is 5.35. The van der Waals surface area contributed by atoms with Gasteiger partial charge in [-0.1, -0.05) is 55.5 Å². The zero-order chi connectivity index (χ0) is 11.1. The van der Waals surface area contributed by atoms with Crippen molar-refractivity contribution in [1.29, 1.82) is 0 Å². The van der Waals surface area contributed by atoms with Gasteiger partial charge in [-0.3, -0.25) is 0 Å². The third-order valence-electron chi connectivity index (χ3n) is 3.46. The van der Waals surface area contributed by atoms with E-state index in [1.165, 1.54) is 58.2 Å². The summed E-state index contributed by atoms with van der Waals surface area (Å²) in [6, 6.07) is 0. The van der Waals surface area contributed by atoms with E-state index in [0.29, 0.717) is 0 Å². The van der Waals surface area contributed by atoms with Gasteiger partial charge in [-0.15, -0.1) is 0 Å². The summed E-state index contributed by atoms with van der Waals surface area (Å²) in [5.74, 6) is 0.828. The molecule has 2 atom stereocenters. The molecule has 90 valence electrons. The van der Waals surface area contributed by atoms with E-state index < -0.39 is 0 Å². The van der Waals surface area contributed by atoms with Crippen LogP contribution in [0.2, 0.25) is 0 Å². The molecular weight excluding hydrogens is 250 g/mol. The van der Waals surface area contributed by atoms with E-state index >= 15 is 0 Å². The molecule has 0 aromatic carbocycles. The summed E-state index contributed by atoms with van der Waals surface area (Å²) in [6.45, 7) is 8.57.